The fraction of sp³-hybridized carbons (Fsp3) is 0.727. The molecule has 1 rings (SSSR count). The summed E-state index contributed by atoms with van der Waals surface area (Å²) < 4.78 is 0. The maximum Gasteiger partial charge on any atom is 0.234 e. The van der Waals surface area contributed by atoms with Crippen LogP contribution >= 0.6 is 0 Å². The Morgan fingerprint density at radius 2 is 2.13 bits per heavy atom. The molecule has 0 bridgehead atoms. The highest BCUT2D eigenvalue weighted by Crippen LogP contribution is 2.28. The second-order valence-electron chi connectivity index (χ2n) is 4.09. The smallest absolute Gasteiger partial charge is 0.234 e. The van der Waals surface area contributed by atoms with E-state index >= 15 is 0 Å². The number of carbonyl (C=O) groups is 1. The topological polar surface area (TPSA) is 61.4 Å². The lowest BCUT2D eigenvalue weighted by Crippen LogP contribution is -2.50. The Morgan fingerprint density at radius 3 is 2.67 bits per heavy atom. The Labute approximate surface area is 90.7 Å². The number of aliphatic hydroxyl groups excluding tert-OH is 1. The maximum absolute atomic E-state index is 11.3. The summed E-state index contributed by atoms with van der Waals surface area (Å²) in [7, 11) is 0. The van der Waals surface area contributed by atoms with Crippen LogP contribution in [0.25, 0.3) is 0 Å². The minimum Gasteiger partial charge on any atom is -0.394 e. The summed E-state index contributed by atoms with van der Waals surface area (Å²) in [6.07, 6.45) is 5.81. The number of hydrogen-bond acceptors (Lipinski definition) is 3. The van der Waals surface area contributed by atoms with Crippen molar-refractivity contribution in [2.75, 3.05) is 19.7 Å². The predicted octanol–water partition coefficient (Wildman–Crippen LogP) is 0.183. The lowest BCUT2D eigenvalue weighted by Gasteiger charge is -2.27. The fourth-order valence-electron chi connectivity index (χ4n) is 1.96. The minimum atomic E-state index is -0.217. The Hall–Kier alpha value is -0.870. The van der Waals surface area contributed by atoms with Gasteiger partial charge < -0.3 is 15.7 Å². The molecule has 1 fully saturated rings. The number of hydrogen-bond donors (Lipinski definition) is 3. The van der Waals surface area contributed by atoms with Gasteiger partial charge in [0.15, 0.2) is 0 Å². The van der Waals surface area contributed by atoms with Crippen LogP contribution in [0.5, 0.6) is 0 Å². The van der Waals surface area contributed by atoms with Crippen molar-refractivity contribution in [3.8, 4) is 0 Å². The van der Waals surface area contributed by atoms with Gasteiger partial charge in [0.1, 0.15) is 0 Å². The summed E-state index contributed by atoms with van der Waals surface area (Å²) in [6.45, 7) is 4.40. The molecule has 1 saturated carbocycles. The van der Waals surface area contributed by atoms with Gasteiger partial charge in [0.2, 0.25) is 5.91 Å². The van der Waals surface area contributed by atoms with Gasteiger partial charge in [-0.25, -0.2) is 0 Å². The summed E-state index contributed by atoms with van der Waals surface area (Å²) in [4.78, 5) is 11.3. The van der Waals surface area contributed by atoms with Crippen LogP contribution in [0.1, 0.15) is 25.7 Å². The van der Waals surface area contributed by atoms with Gasteiger partial charge in [-0.3, -0.25) is 4.79 Å². The Bertz CT molecular complexity index is 223. The van der Waals surface area contributed by atoms with Crippen molar-refractivity contribution in [3.63, 3.8) is 0 Å². The quantitative estimate of drug-likeness (QED) is 0.551. The molecule has 0 saturated heterocycles. The van der Waals surface area contributed by atoms with Crippen molar-refractivity contribution in [1.82, 2.24) is 10.6 Å². The Morgan fingerprint density at radius 1 is 1.47 bits per heavy atom. The number of amides is 1. The monoisotopic (exact) mass is 212 g/mol. The van der Waals surface area contributed by atoms with Crippen LogP contribution in [0.3, 0.4) is 0 Å². The molecule has 0 aliphatic heterocycles. The molecule has 3 N–H and O–H groups in total. The standard InChI is InChI=1S/C11H20N2O2/c1-2-7-12-10(15)8-13-11(9-14)5-3-4-6-11/h2,13-14H,1,3-9H2,(H,12,15). The first-order valence-corrected chi connectivity index (χ1v) is 5.46. The van der Waals surface area contributed by atoms with Gasteiger partial charge in [-0.15, -0.1) is 6.58 Å². The first-order valence-electron chi connectivity index (χ1n) is 5.46. The molecule has 1 aliphatic rings. The Balaban J connectivity index is 2.27. The average molecular weight is 212 g/mol. The summed E-state index contributed by atoms with van der Waals surface area (Å²) in [6, 6.07) is 0. The van der Waals surface area contributed by atoms with Gasteiger partial charge in [-0.2, -0.15) is 0 Å². The van der Waals surface area contributed by atoms with Crippen LogP contribution in [-0.4, -0.2) is 36.2 Å². The lowest BCUT2D eigenvalue weighted by molar-refractivity contribution is -0.120. The van der Waals surface area contributed by atoms with E-state index in [0.29, 0.717) is 6.54 Å². The molecule has 0 heterocycles. The Kier molecular flexibility index (Phi) is 4.78. The minimum absolute atomic E-state index is 0.0466. The van der Waals surface area contributed by atoms with E-state index in [2.05, 4.69) is 17.2 Å². The second kappa shape index (κ2) is 5.88. The van der Waals surface area contributed by atoms with Crippen LogP contribution in [0.15, 0.2) is 12.7 Å². The molecule has 1 aliphatic carbocycles. The SMILES string of the molecule is C=CCNC(=O)CNC1(CO)CCCC1. The predicted molar refractivity (Wildman–Crippen MR) is 59.5 cm³/mol. The lowest BCUT2D eigenvalue weighted by atomic mass is 9.99. The van der Waals surface area contributed by atoms with Crippen molar-refractivity contribution in [2.24, 2.45) is 0 Å². The normalized spacial score (nSPS) is 18.7. The molecule has 15 heavy (non-hydrogen) atoms. The van der Waals surface area contributed by atoms with Crippen LogP contribution < -0.4 is 10.6 Å². The van der Waals surface area contributed by atoms with Crippen LogP contribution in [-0.2, 0) is 4.79 Å². The summed E-state index contributed by atoms with van der Waals surface area (Å²) >= 11 is 0. The fourth-order valence-corrected chi connectivity index (χ4v) is 1.96. The van der Waals surface area contributed by atoms with E-state index in [1.807, 2.05) is 0 Å². The van der Waals surface area contributed by atoms with Crippen molar-refractivity contribution < 1.29 is 9.90 Å². The molecular formula is C11H20N2O2. The molecule has 1 amide bonds. The van der Waals surface area contributed by atoms with Gasteiger partial charge in [-0.05, 0) is 12.8 Å². The molecule has 0 atom stereocenters. The van der Waals surface area contributed by atoms with Crippen molar-refractivity contribution in [1.29, 1.82) is 0 Å². The first kappa shape index (κ1) is 12.2. The van der Waals surface area contributed by atoms with E-state index < -0.39 is 0 Å². The molecule has 0 unspecified atom stereocenters. The number of aliphatic hydroxyl groups is 1. The molecular weight excluding hydrogens is 192 g/mol. The number of nitrogens with one attached hydrogen (secondary N) is 2. The van der Waals surface area contributed by atoms with Crippen molar-refractivity contribution in [2.45, 2.75) is 31.2 Å². The van der Waals surface area contributed by atoms with E-state index in [1.165, 1.54) is 0 Å². The first-order chi connectivity index (χ1) is 7.22. The van der Waals surface area contributed by atoms with Gasteiger partial charge in [-0.1, -0.05) is 18.9 Å². The van der Waals surface area contributed by atoms with E-state index in [4.69, 9.17) is 0 Å². The molecule has 4 heteroatoms. The third-order valence-corrected chi connectivity index (χ3v) is 2.93. The third kappa shape index (κ3) is 3.64. The largest absolute Gasteiger partial charge is 0.394 e. The van der Waals surface area contributed by atoms with Gasteiger partial charge in [0.25, 0.3) is 0 Å². The van der Waals surface area contributed by atoms with E-state index in [9.17, 15) is 9.90 Å². The maximum atomic E-state index is 11.3. The summed E-state index contributed by atoms with van der Waals surface area (Å²) in [5.41, 5.74) is -0.217. The molecule has 0 aromatic carbocycles. The van der Waals surface area contributed by atoms with E-state index in [-0.39, 0.29) is 24.6 Å². The molecule has 0 aromatic rings. The summed E-state index contributed by atoms with van der Waals surface area (Å²) in [5, 5.41) is 15.1. The number of carbonyl (C=O) groups excluding carboxylic acids is 1. The average Bonchev–Trinajstić information content (AvgIpc) is 2.73. The highest BCUT2D eigenvalue weighted by molar-refractivity contribution is 5.78. The molecule has 0 spiro atoms. The van der Waals surface area contributed by atoms with Crippen LogP contribution in [0, 0.1) is 0 Å². The van der Waals surface area contributed by atoms with Gasteiger partial charge in [0.05, 0.1) is 13.2 Å². The highest BCUT2D eigenvalue weighted by Gasteiger charge is 2.32. The van der Waals surface area contributed by atoms with Gasteiger partial charge >= 0.3 is 0 Å². The van der Waals surface area contributed by atoms with Crippen molar-refractivity contribution >= 4 is 5.91 Å². The number of rotatable bonds is 6. The second-order valence-corrected chi connectivity index (χ2v) is 4.09. The zero-order chi connectivity index (χ0) is 11.1. The zero-order valence-corrected chi connectivity index (χ0v) is 9.09. The van der Waals surface area contributed by atoms with Crippen LogP contribution in [0.2, 0.25) is 0 Å². The molecule has 0 aromatic heterocycles. The molecule has 0 radical (unpaired) electrons. The molecule has 4 nitrogen and oxygen atoms in total. The zero-order valence-electron chi connectivity index (χ0n) is 9.09. The highest BCUT2D eigenvalue weighted by atomic mass is 16.3. The van der Waals surface area contributed by atoms with Crippen LogP contribution in [0.4, 0.5) is 0 Å². The molecule has 86 valence electrons. The third-order valence-electron chi connectivity index (χ3n) is 2.93. The van der Waals surface area contributed by atoms with Crippen molar-refractivity contribution in [3.05, 3.63) is 12.7 Å². The van der Waals surface area contributed by atoms with E-state index in [1.54, 1.807) is 6.08 Å². The summed E-state index contributed by atoms with van der Waals surface area (Å²) in [5.74, 6) is -0.0466. The van der Waals surface area contributed by atoms with Gasteiger partial charge in [0, 0.05) is 12.1 Å². The van der Waals surface area contributed by atoms with E-state index in [0.717, 1.165) is 25.7 Å².